The van der Waals surface area contributed by atoms with Gasteiger partial charge in [0, 0.05) is 0 Å². The van der Waals surface area contributed by atoms with E-state index < -0.39 is 16.6 Å². The monoisotopic (exact) mass is 254 g/mol. The zero-order valence-corrected chi connectivity index (χ0v) is 13.2. The van der Waals surface area contributed by atoms with Gasteiger partial charge >= 0.3 is 105 Å². The van der Waals surface area contributed by atoms with Crippen molar-refractivity contribution < 1.29 is 16.6 Å². The van der Waals surface area contributed by atoms with Gasteiger partial charge in [-0.1, -0.05) is 0 Å². The summed E-state index contributed by atoms with van der Waals surface area (Å²) in [6, 6.07) is 0. The molecular weight excluding hydrogens is 228 g/mol. The maximum atomic E-state index is 2.59. The quantitative estimate of drug-likeness (QED) is 0.556. The average molecular weight is 254 g/mol. The van der Waals surface area contributed by atoms with Gasteiger partial charge in [-0.15, -0.1) is 0 Å². The summed E-state index contributed by atoms with van der Waals surface area (Å²) >= 11 is -1.58. The molecule has 1 atom stereocenters. The van der Waals surface area contributed by atoms with Gasteiger partial charge < -0.3 is 0 Å². The SMILES string of the molecule is CCC1=C(C)[CH]([Ti]([CH3])([CH3])[CH3])C2=C1CCCC2. The van der Waals surface area contributed by atoms with Crippen LogP contribution in [-0.4, -0.2) is 0 Å². The summed E-state index contributed by atoms with van der Waals surface area (Å²) in [5.74, 6) is 0. The molecule has 0 aromatic rings. The minimum absolute atomic E-state index is 0.922. The Hall–Kier alpha value is 0.194. The van der Waals surface area contributed by atoms with Crippen molar-refractivity contribution in [3.8, 4) is 0 Å². The van der Waals surface area contributed by atoms with Crippen LogP contribution in [0.5, 0.6) is 0 Å². The predicted molar refractivity (Wildman–Crippen MR) is 69.8 cm³/mol. The minimum atomic E-state index is -1.58. The van der Waals surface area contributed by atoms with Crippen LogP contribution in [0.3, 0.4) is 0 Å². The van der Waals surface area contributed by atoms with Crippen molar-refractivity contribution in [1.82, 2.24) is 0 Å². The molecule has 0 nitrogen and oxygen atoms in total. The van der Waals surface area contributed by atoms with Crippen molar-refractivity contribution in [1.29, 1.82) is 0 Å². The molecule has 0 amide bonds. The van der Waals surface area contributed by atoms with Gasteiger partial charge in [0.1, 0.15) is 0 Å². The molecule has 90 valence electrons. The van der Waals surface area contributed by atoms with Crippen LogP contribution < -0.4 is 0 Å². The molecule has 2 aliphatic rings. The Bertz CT molecular complexity index is 352. The third-order valence-corrected chi connectivity index (χ3v) is 8.28. The van der Waals surface area contributed by atoms with Crippen molar-refractivity contribution >= 4 is 0 Å². The molecule has 1 heteroatoms. The van der Waals surface area contributed by atoms with Crippen LogP contribution in [-0.2, 0) is 16.6 Å². The second-order valence-corrected chi connectivity index (χ2v) is 14.8. The van der Waals surface area contributed by atoms with Crippen LogP contribution >= 0.6 is 0 Å². The summed E-state index contributed by atoms with van der Waals surface area (Å²) in [5.41, 5.74) is 7.20. The summed E-state index contributed by atoms with van der Waals surface area (Å²) in [7, 11) is 0. The first-order chi connectivity index (χ1) is 7.46. The van der Waals surface area contributed by atoms with Gasteiger partial charge in [0.05, 0.1) is 0 Å². The van der Waals surface area contributed by atoms with Crippen LogP contribution in [0.2, 0.25) is 19.9 Å². The molecule has 1 unspecified atom stereocenters. The molecule has 0 fully saturated rings. The first-order valence-electron chi connectivity index (χ1n) is 6.88. The summed E-state index contributed by atoms with van der Waals surface area (Å²) in [5, 5.41) is 7.77. The maximum absolute atomic E-state index is 2.59. The van der Waals surface area contributed by atoms with Crippen molar-refractivity contribution in [2.45, 2.75) is 65.9 Å². The first kappa shape index (κ1) is 12.6. The molecule has 0 aliphatic heterocycles. The van der Waals surface area contributed by atoms with E-state index in [0.717, 1.165) is 4.22 Å². The Balaban J connectivity index is 2.46. The molecular formula is C15H26Ti. The third-order valence-electron chi connectivity index (χ3n) is 4.35. The Labute approximate surface area is 105 Å². The number of hydrogen-bond donors (Lipinski definition) is 0. The van der Waals surface area contributed by atoms with Crippen molar-refractivity contribution in [3.63, 3.8) is 0 Å². The Morgan fingerprint density at radius 2 is 1.75 bits per heavy atom. The van der Waals surface area contributed by atoms with E-state index in [0.29, 0.717) is 0 Å². The third kappa shape index (κ3) is 1.99. The van der Waals surface area contributed by atoms with E-state index in [9.17, 15) is 0 Å². The number of hydrogen-bond acceptors (Lipinski definition) is 0. The molecule has 0 saturated heterocycles. The summed E-state index contributed by atoms with van der Waals surface area (Å²) < 4.78 is 0.922. The van der Waals surface area contributed by atoms with Gasteiger partial charge in [-0.25, -0.2) is 0 Å². The first-order valence-corrected chi connectivity index (χ1v) is 12.5. The number of rotatable bonds is 2. The van der Waals surface area contributed by atoms with E-state index in [1.54, 1.807) is 16.7 Å². The van der Waals surface area contributed by atoms with Crippen LogP contribution in [0.4, 0.5) is 0 Å². The predicted octanol–water partition coefficient (Wildman–Crippen LogP) is 5.68. The fourth-order valence-electron chi connectivity index (χ4n) is 3.93. The summed E-state index contributed by atoms with van der Waals surface area (Å²) in [6.45, 7) is 4.77. The molecule has 2 rings (SSSR count). The second kappa shape index (κ2) is 4.46. The van der Waals surface area contributed by atoms with E-state index in [-0.39, 0.29) is 0 Å². The standard InChI is InChI=1S/C12H17.3CH3.Ti/c1-3-11-9(2)8-10-6-4-5-7-12(10)11;;;;/h8H,3-7H2,1-2H3;3*1H3;. The van der Waals surface area contributed by atoms with E-state index in [4.69, 9.17) is 0 Å². The van der Waals surface area contributed by atoms with Gasteiger partial charge in [0.15, 0.2) is 0 Å². The average Bonchev–Trinajstić information content (AvgIpc) is 2.48. The van der Waals surface area contributed by atoms with Crippen molar-refractivity contribution in [3.05, 3.63) is 22.3 Å². The molecule has 0 aromatic heterocycles. The fraction of sp³-hybridized carbons (Fsp3) is 0.733. The molecule has 0 radical (unpaired) electrons. The molecule has 0 N–H and O–H groups in total. The number of allylic oxidation sites excluding steroid dienone is 4. The van der Waals surface area contributed by atoms with Crippen LogP contribution in [0.1, 0.15) is 46.0 Å². The van der Waals surface area contributed by atoms with Crippen LogP contribution in [0.25, 0.3) is 0 Å². The van der Waals surface area contributed by atoms with E-state index >= 15 is 0 Å². The Morgan fingerprint density at radius 3 is 2.31 bits per heavy atom. The van der Waals surface area contributed by atoms with E-state index in [1.165, 1.54) is 32.1 Å². The topological polar surface area (TPSA) is 0 Å². The van der Waals surface area contributed by atoms with Gasteiger partial charge in [-0.2, -0.15) is 0 Å². The molecule has 0 bridgehead atoms. The van der Waals surface area contributed by atoms with Crippen LogP contribution in [0, 0.1) is 0 Å². The van der Waals surface area contributed by atoms with Crippen molar-refractivity contribution in [2.24, 2.45) is 0 Å². The second-order valence-electron chi connectivity index (χ2n) is 6.53. The van der Waals surface area contributed by atoms with Gasteiger partial charge in [-0.05, 0) is 0 Å². The molecule has 0 spiro atoms. The van der Waals surface area contributed by atoms with Gasteiger partial charge in [0.25, 0.3) is 0 Å². The Morgan fingerprint density at radius 1 is 1.12 bits per heavy atom. The molecule has 0 saturated carbocycles. The molecule has 16 heavy (non-hydrogen) atoms. The van der Waals surface area contributed by atoms with E-state index in [1.807, 2.05) is 5.57 Å². The summed E-state index contributed by atoms with van der Waals surface area (Å²) in [4.78, 5) is 0. The summed E-state index contributed by atoms with van der Waals surface area (Å²) in [6.07, 6.45) is 6.92. The van der Waals surface area contributed by atoms with Crippen molar-refractivity contribution in [2.75, 3.05) is 0 Å². The molecule has 0 aromatic carbocycles. The normalized spacial score (nSPS) is 26.4. The van der Waals surface area contributed by atoms with Crippen LogP contribution in [0.15, 0.2) is 22.3 Å². The van der Waals surface area contributed by atoms with E-state index in [2.05, 4.69) is 29.5 Å². The Kier molecular flexibility index (Phi) is 3.53. The molecule has 0 heterocycles. The molecule has 2 aliphatic carbocycles. The fourth-order valence-corrected chi connectivity index (χ4v) is 8.36. The zero-order valence-electron chi connectivity index (χ0n) is 11.6. The zero-order chi connectivity index (χ0) is 11.9. The van der Waals surface area contributed by atoms with Gasteiger partial charge in [-0.3, -0.25) is 0 Å². The van der Waals surface area contributed by atoms with Gasteiger partial charge in [0.2, 0.25) is 0 Å².